The molecule has 0 aliphatic carbocycles. The molecule has 0 atom stereocenters. The molecule has 0 saturated carbocycles. The number of allylic oxidation sites excluding steroid dienone is 1. The number of hydrogen-bond donors (Lipinski definition) is 0. The SMILES string of the molecule is CC(=CN1CCCCC1)C(=O)c1ccc(F)cc1. The highest BCUT2D eigenvalue weighted by Gasteiger charge is 2.11. The van der Waals surface area contributed by atoms with Crippen molar-refractivity contribution in [2.24, 2.45) is 0 Å². The molecule has 0 N–H and O–H groups in total. The van der Waals surface area contributed by atoms with E-state index in [1.165, 1.54) is 43.5 Å². The van der Waals surface area contributed by atoms with Crippen molar-refractivity contribution in [1.82, 2.24) is 4.90 Å². The van der Waals surface area contributed by atoms with Crippen LogP contribution < -0.4 is 0 Å². The van der Waals surface area contributed by atoms with Gasteiger partial charge in [0.1, 0.15) is 5.82 Å². The van der Waals surface area contributed by atoms with Crippen LogP contribution in [0.25, 0.3) is 0 Å². The summed E-state index contributed by atoms with van der Waals surface area (Å²) in [4.78, 5) is 14.3. The number of likely N-dealkylation sites (tertiary alicyclic amines) is 1. The van der Waals surface area contributed by atoms with E-state index in [9.17, 15) is 9.18 Å². The summed E-state index contributed by atoms with van der Waals surface area (Å²) < 4.78 is 12.8. The van der Waals surface area contributed by atoms with Crippen molar-refractivity contribution in [3.05, 3.63) is 47.4 Å². The Balaban J connectivity index is 2.07. The number of Topliss-reactive ketones (excluding diaryl/α,β-unsaturated/α-hetero) is 1. The predicted molar refractivity (Wildman–Crippen MR) is 69.9 cm³/mol. The maximum absolute atomic E-state index is 12.8. The first-order valence-corrected chi connectivity index (χ1v) is 6.39. The molecule has 1 aliphatic rings. The molecule has 1 aromatic carbocycles. The van der Waals surface area contributed by atoms with E-state index in [2.05, 4.69) is 4.90 Å². The topological polar surface area (TPSA) is 20.3 Å². The molecule has 1 fully saturated rings. The Labute approximate surface area is 107 Å². The molecule has 3 heteroatoms. The lowest BCUT2D eigenvalue weighted by Gasteiger charge is -2.25. The second-order valence-corrected chi connectivity index (χ2v) is 4.74. The Hall–Kier alpha value is -1.64. The van der Waals surface area contributed by atoms with Crippen molar-refractivity contribution in [2.75, 3.05) is 13.1 Å². The average molecular weight is 247 g/mol. The van der Waals surface area contributed by atoms with Gasteiger partial charge in [-0.25, -0.2) is 4.39 Å². The number of halogens is 1. The average Bonchev–Trinajstić information content (AvgIpc) is 2.40. The minimum absolute atomic E-state index is 0.0272. The van der Waals surface area contributed by atoms with Crippen LogP contribution in [-0.2, 0) is 0 Å². The standard InChI is InChI=1S/C15H18FNO/c1-12(11-17-9-3-2-4-10-17)15(18)13-5-7-14(16)8-6-13/h5-8,11H,2-4,9-10H2,1H3. The number of hydrogen-bond acceptors (Lipinski definition) is 2. The Morgan fingerprint density at radius 3 is 2.39 bits per heavy atom. The lowest BCUT2D eigenvalue weighted by atomic mass is 10.0. The summed E-state index contributed by atoms with van der Waals surface area (Å²) in [5.74, 6) is -0.343. The molecule has 1 aromatic rings. The lowest BCUT2D eigenvalue weighted by Crippen LogP contribution is -2.25. The third kappa shape index (κ3) is 3.19. The van der Waals surface area contributed by atoms with Crippen molar-refractivity contribution in [3.63, 3.8) is 0 Å². The van der Waals surface area contributed by atoms with Crippen LogP contribution in [0.4, 0.5) is 4.39 Å². The number of carbonyl (C=O) groups is 1. The van der Waals surface area contributed by atoms with Crippen LogP contribution in [-0.4, -0.2) is 23.8 Å². The van der Waals surface area contributed by atoms with Gasteiger partial charge in [-0.1, -0.05) is 0 Å². The number of piperidine rings is 1. The van der Waals surface area contributed by atoms with E-state index in [1.807, 2.05) is 13.1 Å². The normalized spacial score (nSPS) is 16.8. The van der Waals surface area contributed by atoms with E-state index in [-0.39, 0.29) is 11.6 Å². The minimum Gasteiger partial charge on any atom is -0.377 e. The Kier molecular flexibility index (Phi) is 4.13. The van der Waals surface area contributed by atoms with E-state index in [1.54, 1.807) is 0 Å². The number of rotatable bonds is 3. The maximum atomic E-state index is 12.8. The highest BCUT2D eigenvalue weighted by molar-refractivity contribution is 6.08. The molecule has 1 heterocycles. The Morgan fingerprint density at radius 1 is 1.17 bits per heavy atom. The Morgan fingerprint density at radius 2 is 1.78 bits per heavy atom. The first-order valence-electron chi connectivity index (χ1n) is 6.39. The van der Waals surface area contributed by atoms with Crippen molar-refractivity contribution >= 4 is 5.78 Å². The number of ketones is 1. The van der Waals surface area contributed by atoms with E-state index in [4.69, 9.17) is 0 Å². The Bertz CT molecular complexity index is 444. The van der Waals surface area contributed by atoms with Crippen LogP contribution in [0, 0.1) is 5.82 Å². The second kappa shape index (κ2) is 5.80. The third-order valence-electron chi connectivity index (χ3n) is 3.23. The number of carbonyl (C=O) groups excluding carboxylic acids is 1. The van der Waals surface area contributed by atoms with Gasteiger partial charge in [0.2, 0.25) is 0 Å². The predicted octanol–water partition coefficient (Wildman–Crippen LogP) is 3.40. The summed E-state index contributed by atoms with van der Waals surface area (Å²) in [5, 5.41) is 0. The summed E-state index contributed by atoms with van der Waals surface area (Å²) >= 11 is 0. The largest absolute Gasteiger partial charge is 0.377 e. The van der Waals surface area contributed by atoms with Gasteiger partial charge in [0.15, 0.2) is 5.78 Å². The van der Waals surface area contributed by atoms with Crippen LogP contribution in [0.3, 0.4) is 0 Å². The van der Waals surface area contributed by atoms with Gasteiger partial charge >= 0.3 is 0 Å². The molecule has 0 spiro atoms. The molecule has 1 saturated heterocycles. The van der Waals surface area contributed by atoms with Crippen LogP contribution >= 0.6 is 0 Å². The van der Waals surface area contributed by atoms with Crippen LogP contribution in [0.15, 0.2) is 36.0 Å². The first kappa shape index (κ1) is 12.8. The third-order valence-corrected chi connectivity index (χ3v) is 3.23. The molecular formula is C15H18FNO. The van der Waals surface area contributed by atoms with Crippen LogP contribution in [0.1, 0.15) is 36.5 Å². The van der Waals surface area contributed by atoms with Gasteiger partial charge in [-0.2, -0.15) is 0 Å². The molecule has 2 rings (SSSR count). The van der Waals surface area contributed by atoms with Crippen molar-refractivity contribution < 1.29 is 9.18 Å². The van der Waals surface area contributed by atoms with Crippen LogP contribution in [0.2, 0.25) is 0 Å². The van der Waals surface area contributed by atoms with Gasteiger partial charge in [-0.15, -0.1) is 0 Å². The smallest absolute Gasteiger partial charge is 0.190 e. The molecule has 96 valence electrons. The summed E-state index contributed by atoms with van der Waals surface area (Å²) in [6.07, 6.45) is 5.59. The molecule has 0 bridgehead atoms. The van der Waals surface area contributed by atoms with Gasteiger partial charge in [0.25, 0.3) is 0 Å². The quantitative estimate of drug-likeness (QED) is 0.602. The van der Waals surface area contributed by atoms with Crippen LogP contribution in [0.5, 0.6) is 0 Å². The fourth-order valence-corrected chi connectivity index (χ4v) is 2.21. The van der Waals surface area contributed by atoms with Gasteiger partial charge in [0.05, 0.1) is 0 Å². The zero-order valence-electron chi connectivity index (χ0n) is 10.7. The summed E-state index contributed by atoms with van der Waals surface area (Å²) in [6.45, 7) is 3.86. The maximum Gasteiger partial charge on any atom is 0.190 e. The lowest BCUT2D eigenvalue weighted by molar-refractivity contribution is 0.103. The van der Waals surface area contributed by atoms with Crippen molar-refractivity contribution in [1.29, 1.82) is 0 Å². The van der Waals surface area contributed by atoms with Gasteiger partial charge < -0.3 is 4.90 Å². The fourth-order valence-electron chi connectivity index (χ4n) is 2.21. The van der Waals surface area contributed by atoms with Gasteiger partial charge in [0, 0.05) is 30.4 Å². The zero-order valence-corrected chi connectivity index (χ0v) is 10.7. The summed E-state index contributed by atoms with van der Waals surface area (Å²) in [6, 6.07) is 5.71. The van der Waals surface area contributed by atoms with E-state index < -0.39 is 0 Å². The minimum atomic E-state index is -0.316. The molecule has 0 aromatic heterocycles. The zero-order chi connectivity index (χ0) is 13.0. The summed E-state index contributed by atoms with van der Waals surface area (Å²) in [5.41, 5.74) is 1.26. The molecular weight excluding hydrogens is 229 g/mol. The highest BCUT2D eigenvalue weighted by Crippen LogP contribution is 2.13. The molecule has 0 amide bonds. The van der Waals surface area contributed by atoms with Gasteiger partial charge in [-0.3, -0.25) is 4.79 Å². The fraction of sp³-hybridized carbons (Fsp3) is 0.400. The van der Waals surface area contributed by atoms with Crippen molar-refractivity contribution in [3.8, 4) is 0 Å². The number of nitrogens with zero attached hydrogens (tertiary/aromatic N) is 1. The molecule has 0 unspecified atom stereocenters. The summed E-state index contributed by atoms with van der Waals surface area (Å²) in [7, 11) is 0. The highest BCUT2D eigenvalue weighted by atomic mass is 19.1. The molecule has 2 nitrogen and oxygen atoms in total. The molecule has 18 heavy (non-hydrogen) atoms. The second-order valence-electron chi connectivity index (χ2n) is 4.74. The van der Waals surface area contributed by atoms with Crippen molar-refractivity contribution in [2.45, 2.75) is 26.2 Å². The molecule has 1 aliphatic heterocycles. The number of benzene rings is 1. The van der Waals surface area contributed by atoms with E-state index >= 15 is 0 Å². The molecule has 0 radical (unpaired) electrons. The first-order chi connectivity index (χ1) is 8.66. The van der Waals surface area contributed by atoms with E-state index in [0.29, 0.717) is 11.1 Å². The van der Waals surface area contributed by atoms with Gasteiger partial charge in [-0.05, 0) is 50.5 Å². The van der Waals surface area contributed by atoms with E-state index in [0.717, 1.165) is 13.1 Å². The monoisotopic (exact) mass is 247 g/mol.